The summed E-state index contributed by atoms with van der Waals surface area (Å²) in [6.45, 7) is 0. The summed E-state index contributed by atoms with van der Waals surface area (Å²) in [5, 5.41) is 53.3. The topological polar surface area (TPSA) is 227 Å². The first kappa shape index (κ1) is 12.8. The normalized spacial score (nSPS) is 11.2. The van der Waals surface area contributed by atoms with Gasteiger partial charge in [0.25, 0.3) is 0 Å². The molecule has 2 heterocycles. The van der Waals surface area contributed by atoms with Crippen LogP contribution in [0.5, 0.6) is 0 Å². The highest BCUT2D eigenvalue weighted by molar-refractivity contribution is 5.39. The zero-order chi connectivity index (χ0) is 14.9. The highest BCUT2D eigenvalue weighted by Crippen LogP contribution is 2.22. The molecular weight excluding hydrogens is 286 g/mol. The Labute approximate surface area is 105 Å². The molecule has 0 radical (unpaired) electrons. The third-order valence-corrected chi connectivity index (χ3v) is 2.03. The van der Waals surface area contributed by atoms with Gasteiger partial charge >= 0.3 is 5.91 Å². The Morgan fingerprint density at radius 2 is 1.65 bits per heavy atom. The number of aromatic nitrogens is 8. The van der Waals surface area contributed by atoms with Crippen LogP contribution >= 0.6 is 0 Å². The Morgan fingerprint density at radius 1 is 1.05 bits per heavy atom. The van der Waals surface area contributed by atoms with Crippen LogP contribution in [-0.4, -0.2) is 55.6 Å². The van der Waals surface area contributed by atoms with Crippen molar-refractivity contribution in [3.63, 3.8) is 0 Å². The molecule has 2 aromatic rings. The lowest BCUT2D eigenvalue weighted by molar-refractivity contribution is -1.01. The minimum Gasteiger partial charge on any atom is -0.251 e. The van der Waals surface area contributed by atoms with Crippen molar-refractivity contribution in [3.8, 4) is 11.6 Å². The molecule has 0 aromatic carbocycles. The molecule has 17 heteroatoms. The van der Waals surface area contributed by atoms with Crippen molar-refractivity contribution in [2.75, 3.05) is 0 Å². The van der Waals surface area contributed by atoms with Crippen molar-refractivity contribution in [1.29, 1.82) is 0 Å². The van der Waals surface area contributed by atoms with Crippen molar-refractivity contribution in [2.45, 2.75) is 5.91 Å². The van der Waals surface area contributed by atoms with Gasteiger partial charge < -0.3 is 0 Å². The van der Waals surface area contributed by atoms with E-state index in [1.54, 1.807) is 0 Å². The first-order chi connectivity index (χ1) is 9.42. The van der Waals surface area contributed by atoms with E-state index in [4.69, 9.17) is 0 Å². The molecular formula is C3HN11O6. The van der Waals surface area contributed by atoms with Crippen LogP contribution in [0.25, 0.3) is 11.6 Å². The van der Waals surface area contributed by atoms with Gasteiger partial charge in [0.1, 0.15) is 0 Å². The van der Waals surface area contributed by atoms with E-state index in [9.17, 15) is 30.3 Å². The molecule has 0 saturated carbocycles. The summed E-state index contributed by atoms with van der Waals surface area (Å²) in [6.07, 6.45) is 0. The van der Waals surface area contributed by atoms with Crippen LogP contribution in [0.1, 0.15) is 0 Å². The Kier molecular flexibility index (Phi) is 2.70. The second-order valence-electron chi connectivity index (χ2n) is 3.02. The first-order valence-corrected chi connectivity index (χ1v) is 4.38. The van der Waals surface area contributed by atoms with Gasteiger partial charge in [-0.15, -0.1) is 15.3 Å². The van der Waals surface area contributed by atoms with Crippen LogP contribution < -0.4 is 0 Å². The van der Waals surface area contributed by atoms with Gasteiger partial charge in [0, 0.05) is 0 Å². The van der Waals surface area contributed by atoms with E-state index in [1.165, 1.54) is 0 Å². The Balaban J connectivity index is 2.75. The smallest absolute Gasteiger partial charge is 0.251 e. The third-order valence-electron chi connectivity index (χ3n) is 2.03. The van der Waals surface area contributed by atoms with Crippen molar-refractivity contribution in [1.82, 2.24) is 40.8 Å². The molecule has 0 aliphatic rings. The van der Waals surface area contributed by atoms with Crippen molar-refractivity contribution in [3.05, 3.63) is 30.3 Å². The molecule has 0 amide bonds. The highest BCUT2D eigenvalue weighted by atomic mass is 16.7. The number of hydrogen-bond donors (Lipinski definition) is 1. The van der Waals surface area contributed by atoms with Gasteiger partial charge in [0.15, 0.2) is 0 Å². The van der Waals surface area contributed by atoms with E-state index in [0.29, 0.717) is 0 Å². The van der Waals surface area contributed by atoms with E-state index >= 15 is 0 Å². The lowest BCUT2D eigenvalue weighted by Gasteiger charge is -2.07. The molecule has 1 N–H and O–H groups in total. The SMILES string of the molecule is O=[N+]([O-])C(n1nnnc1-c1nn[nH]n1)([N+](=O)[O-])[N+](=O)[O-]. The molecule has 0 aliphatic heterocycles. The quantitative estimate of drug-likeness (QED) is 0.335. The Morgan fingerprint density at radius 3 is 2.10 bits per heavy atom. The zero-order valence-corrected chi connectivity index (χ0v) is 8.92. The molecule has 2 rings (SSSR count). The molecule has 0 saturated heterocycles. The van der Waals surface area contributed by atoms with Gasteiger partial charge in [0.2, 0.25) is 26.4 Å². The molecule has 2 aromatic heterocycles. The molecule has 20 heavy (non-hydrogen) atoms. The third kappa shape index (κ3) is 1.49. The standard InChI is InChI=1S/C3HN11O6/c15-12(16)3(13(17)18,14(19)20)11-2(6-9-10-11)1-4-7-8-5-1/h(H,4,5,7,8). The van der Waals surface area contributed by atoms with Crippen molar-refractivity contribution >= 4 is 0 Å². The van der Waals surface area contributed by atoms with E-state index in [1.807, 2.05) is 5.21 Å². The summed E-state index contributed by atoms with van der Waals surface area (Å²) in [5.74, 6) is -5.31. The molecule has 0 fully saturated rings. The number of H-pyrrole nitrogens is 1. The highest BCUT2D eigenvalue weighted by Gasteiger charge is 2.76. The van der Waals surface area contributed by atoms with Gasteiger partial charge in [-0.05, 0) is 20.3 Å². The average Bonchev–Trinajstić information content (AvgIpc) is 2.96. The van der Waals surface area contributed by atoms with Gasteiger partial charge in [-0.1, -0.05) is 0 Å². The molecule has 0 unspecified atom stereocenters. The van der Waals surface area contributed by atoms with Crippen LogP contribution in [0, 0.1) is 30.3 Å². The summed E-state index contributed by atoms with van der Waals surface area (Å²) in [6, 6.07) is 0. The molecule has 0 spiro atoms. The second-order valence-corrected chi connectivity index (χ2v) is 3.02. The van der Waals surface area contributed by atoms with Gasteiger partial charge in [-0.3, -0.25) is 30.3 Å². The Hall–Kier alpha value is -3.66. The van der Waals surface area contributed by atoms with E-state index in [0.717, 1.165) is 0 Å². The minimum absolute atomic E-state index is 0.224. The van der Waals surface area contributed by atoms with E-state index in [-0.39, 0.29) is 4.68 Å². The van der Waals surface area contributed by atoms with Crippen LogP contribution in [0.3, 0.4) is 0 Å². The fraction of sp³-hybridized carbons (Fsp3) is 0.333. The molecule has 0 bridgehead atoms. The minimum atomic E-state index is -4.04. The van der Waals surface area contributed by atoms with Crippen LogP contribution in [0.4, 0.5) is 0 Å². The largest absolute Gasteiger partial charge is 0.824 e. The molecule has 17 nitrogen and oxygen atoms in total. The van der Waals surface area contributed by atoms with Crippen LogP contribution in [0.15, 0.2) is 0 Å². The number of nitrogens with one attached hydrogen (secondary N) is 1. The van der Waals surface area contributed by atoms with Gasteiger partial charge in [0.05, 0.1) is 0 Å². The second kappa shape index (κ2) is 4.22. The number of nitrogens with zero attached hydrogens (tertiary/aromatic N) is 10. The lowest BCUT2D eigenvalue weighted by atomic mass is 10.5. The van der Waals surface area contributed by atoms with Gasteiger partial charge in [-0.25, -0.2) is 0 Å². The fourth-order valence-corrected chi connectivity index (χ4v) is 1.22. The number of hydrogen-bond acceptors (Lipinski definition) is 12. The average molecular weight is 287 g/mol. The van der Waals surface area contributed by atoms with Crippen molar-refractivity contribution < 1.29 is 14.8 Å². The number of nitro groups is 3. The van der Waals surface area contributed by atoms with E-state index < -0.39 is 32.3 Å². The van der Waals surface area contributed by atoms with Gasteiger partial charge in [-0.2, -0.15) is 5.21 Å². The predicted octanol–water partition coefficient (Wildman–Crippen LogP) is -2.75. The van der Waals surface area contributed by atoms with Crippen LogP contribution in [0.2, 0.25) is 0 Å². The maximum absolute atomic E-state index is 10.9. The zero-order valence-electron chi connectivity index (χ0n) is 8.92. The summed E-state index contributed by atoms with van der Waals surface area (Å²) in [4.78, 5) is 27.3. The molecule has 104 valence electrons. The molecule has 0 atom stereocenters. The predicted molar refractivity (Wildman–Crippen MR) is 49.9 cm³/mol. The maximum Gasteiger partial charge on any atom is 0.824 e. The Bertz CT molecular complexity index is 636. The van der Waals surface area contributed by atoms with E-state index in [2.05, 4.69) is 30.9 Å². The molecule has 0 aliphatic carbocycles. The van der Waals surface area contributed by atoms with Crippen LogP contribution in [-0.2, 0) is 5.91 Å². The lowest BCUT2D eigenvalue weighted by Crippen LogP contribution is -2.56. The summed E-state index contributed by atoms with van der Waals surface area (Å²) >= 11 is 0. The maximum atomic E-state index is 10.9. The summed E-state index contributed by atoms with van der Waals surface area (Å²) in [7, 11) is 0. The fourth-order valence-electron chi connectivity index (χ4n) is 1.22. The monoisotopic (exact) mass is 287 g/mol. The first-order valence-electron chi connectivity index (χ1n) is 4.38. The number of rotatable bonds is 5. The van der Waals surface area contributed by atoms with Crippen molar-refractivity contribution in [2.24, 2.45) is 0 Å². The summed E-state index contributed by atoms with van der Waals surface area (Å²) < 4.78 is -0.224. The number of aromatic amines is 1. The summed E-state index contributed by atoms with van der Waals surface area (Å²) in [5.41, 5.74) is 0. The number of tetrazole rings is 2.